The lowest BCUT2D eigenvalue weighted by molar-refractivity contribution is 0.660. The first-order valence-electron chi connectivity index (χ1n) is 40.2. The molecular formula is C111H86N4. The van der Waals surface area contributed by atoms with Gasteiger partial charge in [-0.15, -0.1) is 0 Å². The van der Waals surface area contributed by atoms with Gasteiger partial charge in [-0.25, -0.2) is 0 Å². The molecule has 0 bridgehead atoms. The Labute approximate surface area is 676 Å². The molecule has 0 heterocycles. The molecule has 17 aromatic carbocycles. The Kier molecular flexibility index (Phi) is 17.2. The smallest absolute Gasteiger partial charge is 0.0727 e. The molecule has 0 fully saturated rings. The molecule has 115 heavy (non-hydrogen) atoms. The number of hydrogen-bond acceptors (Lipinski definition) is 4. The van der Waals surface area contributed by atoms with Crippen molar-refractivity contribution in [2.75, 3.05) is 19.6 Å². The van der Waals surface area contributed by atoms with Crippen molar-refractivity contribution in [3.63, 3.8) is 0 Å². The van der Waals surface area contributed by atoms with Crippen LogP contribution in [0.4, 0.5) is 68.2 Å². The highest BCUT2D eigenvalue weighted by atomic mass is 15.2. The van der Waals surface area contributed by atoms with Crippen LogP contribution in [0.2, 0.25) is 0 Å². The Morgan fingerprint density at radius 2 is 0.365 bits per heavy atom. The zero-order valence-corrected chi connectivity index (χ0v) is 65.5. The van der Waals surface area contributed by atoms with Gasteiger partial charge in [0.15, 0.2) is 0 Å². The highest BCUT2D eigenvalue weighted by molar-refractivity contribution is 5.99. The molecule has 21 rings (SSSR count). The van der Waals surface area contributed by atoms with Crippen LogP contribution in [0.1, 0.15) is 91.7 Å². The van der Waals surface area contributed by atoms with E-state index < -0.39 is 10.8 Å². The first kappa shape index (κ1) is 70.1. The second kappa shape index (κ2) is 28.3. The number of hydrogen-bond donors (Lipinski definition) is 0. The van der Waals surface area contributed by atoms with Gasteiger partial charge >= 0.3 is 0 Å². The molecule has 0 aromatic heterocycles. The van der Waals surface area contributed by atoms with Gasteiger partial charge in [0.25, 0.3) is 0 Å². The lowest BCUT2D eigenvalue weighted by atomic mass is 9.67. The fourth-order valence-corrected chi connectivity index (χ4v) is 19.2. The minimum Gasteiger partial charge on any atom is -0.310 e. The van der Waals surface area contributed by atoms with Crippen molar-refractivity contribution in [3.8, 4) is 44.5 Å². The van der Waals surface area contributed by atoms with E-state index in [1.54, 1.807) is 0 Å². The molecule has 17 aromatic rings. The van der Waals surface area contributed by atoms with Crippen LogP contribution in [-0.4, -0.2) is 0 Å². The summed E-state index contributed by atoms with van der Waals surface area (Å²) < 4.78 is 0. The third-order valence-electron chi connectivity index (χ3n) is 24.6. The standard InChI is InChI=1S/C58H44N2.C53H42N2/c1-57(2)53-37-47(59(43-25-13-5-14-26-43)44-27-15-6-16-28-44)33-35-49(53)51-40-56-52(39-54(51)57)50-36-34-48(60(45-29-17-7-18-30-45)46-31-19-8-20-32-46)38-55(50)58(56,41-21-9-3-10-22-41)42-23-11-4-12-24-42;1-35-13-21-39(22-14-35)54(40-23-15-36(2)16-24-40)43-29-31-47-48-32-30-44(55(41-25-17-37(3)18-26-41)42-27-19-38(4)20-28-42)34-52(48)53(51(47)33-43)49-11-7-5-9-45(49)46-10-6-8-12-50(46)53/h3-40H,1-2H3;5-34H,1-4H3. The van der Waals surface area contributed by atoms with E-state index in [4.69, 9.17) is 0 Å². The SMILES string of the molecule is CC1(C)c2cc(N(c3ccccc3)c3ccccc3)ccc2-c2cc3c(cc21)-c1ccc(N(c2ccccc2)c2ccccc2)cc1C3(c1ccccc1)c1ccccc1.Cc1ccc(N(c2ccc(C)cc2)c2ccc3c(c2)C2(c4ccccc4-c4ccccc42)c2cc(N(c4ccc(C)cc4)c4ccc(C)cc4)ccc2-3)cc1. The molecule has 0 amide bonds. The van der Waals surface area contributed by atoms with Crippen molar-refractivity contribution in [3.05, 3.63) is 490 Å². The first-order chi connectivity index (χ1) is 56.4. The molecule has 550 valence electrons. The highest BCUT2D eigenvalue weighted by Gasteiger charge is 2.53. The van der Waals surface area contributed by atoms with E-state index in [0.29, 0.717) is 0 Å². The van der Waals surface area contributed by atoms with Gasteiger partial charge in [-0.1, -0.05) is 291 Å². The van der Waals surface area contributed by atoms with E-state index >= 15 is 0 Å². The van der Waals surface area contributed by atoms with Crippen LogP contribution in [0.3, 0.4) is 0 Å². The summed E-state index contributed by atoms with van der Waals surface area (Å²) in [5, 5.41) is 0. The van der Waals surface area contributed by atoms with Crippen LogP contribution in [0.5, 0.6) is 0 Å². The predicted octanol–water partition coefficient (Wildman–Crippen LogP) is 29.5. The average molecular weight is 1480 g/mol. The van der Waals surface area contributed by atoms with Gasteiger partial charge in [-0.3, -0.25) is 0 Å². The quantitative estimate of drug-likeness (QED) is 0.108. The van der Waals surface area contributed by atoms with E-state index in [-0.39, 0.29) is 5.41 Å². The summed E-state index contributed by atoms with van der Waals surface area (Å²) >= 11 is 0. The number of rotatable bonds is 14. The van der Waals surface area contributed by atoms with Crippen molar-refractivity contribution in [2.24, 2.45) is 0 Å². The lowest BCUT2D eigenvalue weighted by Crippen LogP contribution is -2.29. The molecule has 4 aliphatic rings. The van der Waals surface area contributed by atoms with Crippen LogP contribution in [0, 0.1) is 27.7 Å². The first-order valence-corrected chi connectivity index (χ1v) is 40.2. The summed E-state index contributed by atoms with van der Waals surface area (Å²) in [5.74, 6) is 0. The lowest BCUT2D eigenvalue weighted by Gasteiger charge is -2.35. The minimum absolute atomic E-state index is 0.239. The largest absolute Gasteiger partial charge is 0.310 e. The molecule has 0 radical (unpaired) electrons. The van der Waals surface area contributed by atoms with Crippen molar-refractivity contribution in [2.45, 2.75) is 57.8 Å². The molecule has 4 aliphatic carbocycles. The topological polar surface area (TPSA) is 13.0 Å². The maximum atomic E-state index is 2.55. The summed E-state index contributed by atoms with van der Waals surface area (Å²) in [4.78, 5) is 9.57. The van der Waals surface area contributed by atoms with Crippen LogP contribution in [0.25, 0.3) is 44.5 Å². The Morgan fingerprint density at radius 1 is 0.157 bits per heavy atom. The third-order valence-corrected chi connectivity index (χ3v) is 24.6. The van der Waals surface area contributed by atoms with Crippen LogP contribution >= 0.6 is 0 Å². The zero-order chi connectivity index (χ0) is 77.5. The maximum Gasteiger partial charge on any atom is 0.0727 e. The van der Waals surface area contributed by atoms with Crippen LogP contribution in [0.15, 0.2) is 413 Å². The molecule has 0 unspecified atom stereocenters. The Bertz CT molecular complexity index is 6100. The second-order valence-corrected chi connectivity index (χ2v) is 31.8. The van der Waals surface area contributed by atoms with E-state index in [2.05, 4.69) is 474 Å². The van der Waals surface area contributed by atoms with Gasteiger partial charge in [-0.2, -0.15) is 0 Å². The Morgan fingerprint density at radius 3 is 0.696 bits per heavy atom. The van der Waals surface area contributed by atoms with Crippen LogP contribution in [-0.2, 0) is 16.2 Å². The summed E-state index contributed by atoms with van der Waals surface area (Å²) in [5.41, 5.74) is 40.8. The summed E-state index contributed by atoms with van der Waals surface area (Å²) in [6.45, 7) is 13.4. The van der Waals surface area contributed by atoms with Crippen molar-refractivity contribution >= 4 is 68.2 Å². The number of anilines is 12. The minimum atomic E-state index is -0.568. The molecule has 1 spiro atoms. The van der Waals surface area contributed by atoms with Gasteiger partial charge in [-0.05, 0) is 286 Å². The van der Waals surface area contributed by atoms with E-state index in [1.807, 2.05) is 0 Å². The van der Waals surface area contributed by atoms with Crippen molar-refractivity contribution in [1.29, 1.82) is 0 Å². The Hall–Kier alpha value is -14.1. The number of benzene rings is 17. The van der Waals surface area contributed by atoms with E-state index in [9.17, 15) is 0 Å². The molecule has 0 aliphatic heterocycles. The molecule has 0 N–H and O–H groups in total. The predicted molar refractivity (Wildman–Crippen MR) is 482 cm³/mol. The molecule has 0 saturated heterocycles. The van der Waals surface area contributed by atoms with Crippen molar-refractivity contribution < 1.29 is 0 Å². The number of fused-ring (bicyclic) bond motifs is 16. The highest BCUT2D eigenvalue weighted by Crippen LogP contribution is 2.66. The van der Waals surface area contributed by atoms with Gasteiger partial charge in [0.05, 0.1) is 10.8 Å². The molecule has 0 saturated carbocycles. The summed E-state index contributed by atoms with van der Waals surface area (Å²) in [7, 11) is 0. The third kappa shape index (κ3) is 11.6. The molecule has 0 atom stereocenters. The zero-order valence-electron chi connectivity index (χ0n) is 65.5. The average Bonchev–Trinajstić information content (AvgIpc) is 1.51. The van der Waals surface area contributed by atoms with E-state index in [0.717, 1.165) is 68.2 Å². The summed E-state index contributed by atoms with van der Waals surface area (Å²) in [6, 6.07) is 153. The van der Waals surface area contributed by atoms with E-state index in [1.165, 1.54) is 122 Å². The van der Waals surface area contributed by atoms with Gasteiger partial charge in [0.1, 0.15) is 0 Å². The van der Waals surface area contributed by atoms with Gasteiger partial charge in [0.2, 0.25) is 0 Å². The Balaban J connectivity index is 0.000000149. The monoisotopic (exact) mass is 1470 g/mol. The molecule has 4 heteroatoms. The second-order valence-electron chi connectivity index (χ2n) is 31.8. The molecule has 4 nitrogen and oxygen atoms in total. The number of nitrogens with zero attached hydrogens (tertiary/aromatic N) is 4. The number of aryl methyl sites for hydroxylation is 4. The fourth-order valence-electron chi connectivity index (χ4n) is 19.2. The fraction of sp³-hybridized carbons (Fsp3) is 0.0811. The van der Waals surface area contributed by atoms with Crippen molar-refractivity contribution in [1.82, 2.24) is 0 Å². The van der Waals surface area contributed by atoms with Gasteiger partial charge in [0, 0.05) is 73.7 Å². The maximum absolute atomic E-state index is 2.55. The van der Waals surface area contributed by atoms with Gasteiger partial charge < -0.3 is 19.6 Å². The van der Waals surface area contributed by atoms with Crippen LogP contribution < -0.4 is 19.6 Å². The molecular weight excluding hydrogens is 1390 g/mol. The summed E-state index contributed by atoms with van der Waals surface area (Å²) in [6.07, 6.45) is 0. The number of para-hydroxylation sites is 4. The normalized spacial score (nSPS) is 13.3.